The molecular weight excluding hydrogens is 252 g/mol. The minimum atomic E-state index is 0.736. The van der Waals surface area contributed by atoms with Gasteiger partial charge < -0.3 is 0 Å². The molecule has 2 aromatic carbocycles. The summed E-state index contributed by atoms with van der Waals surface area (Å²) in [5.41, 5.74) is 7.96. The lowest BCUT2D eigenvalue weighted by molar-refractivity contribution is 0.588. The van der Waals surface area contributed by atoms with Crippen LogP contribution in [0.3, 0.4) is 0 Å². The van der Waals surface area contributed by atoms with Gasteiger partial charge in [0.05, 0.1) is 0 Å². The first kappa shape index (κ1) is 13.1. The number of aryl methyl sites for hydroxylation is 2. The van der Waals surface area contributed by atoms with Gasteiger partial charge in [-0.3, -0.25) is 0 Å². The van der Waals surface area contributed by atoms with Gasteiger partial charge in [0.2, 0.25) is 0 Å². The third kappa shape index (κ3) is 2.41. The second-order valence-corrected chi connectivity index (χ2v) is 6.96. The fourth-order valence-corrected chi connectivity index (χ4v) is 4.38. The molecule has 4 rings (SSSR count). The largest absolute Gasteiger partial charge is 0.0620 e. The molecule has 0 N–H and O–H groups in total. The molecule has 2 aliphatic carbocycles. The van der Waals surface area contributed by atoms with Crippen LogP contribution in [0.5, 0.6) is 0 Å². The lowest BCUT2D eigenvalue weighted by atomic mass is 9.82. The predicted molar refractivity (Wildman–Crippen MR) is 89.0 cm³/mol. The minimum absolute atomic E-state index is 0.736. The van der Waals surface area contributed by atoms with Gasteiger partial charge >= 0.3 is 0 Å². The highest BCUT2D eigenvalue weighted by Crippen LogP contribution is 2.37. The van der Waals surface area contributed by atoms with Crippen LogP contribution in [0.25, 0.3) is 0 Å². The standard InChI is InChI=1S/C21H24/c1-15-5-4-7-18-13-16(9-12-20(15)18)14-19-11-10-17-6-2-3-8-21(17)19/h2-3,6,8-9,12-13,15,19H,4-5,7,10-11,14H2,1H3/t15-,19+/m1/s1. The van der Waals surface area contributed by atoms with Crippen molar-refractivity contribution in [2.75, 3.05) is 0 Å². The van der Waals surface area contributed by atoms with Crippen molar-refractivity contribution in [1.29, 1.82) is 0 Å². The molecule has 0 saturated carbocycles. The van der Waals surface area contributed by atoms with Gasteiger partial charge in [-0.15, -0.1) is 0 Å². The van der Waals surface area contributed by atoms with E-state index in [-0.39, 0.29) is 0 Å². The molecule has 0 heterocycles. The van der Waals surface area contributed by atoms with E-state index in [0.717, 1.165) is 11.8 Å². The van der Waals surface area contributed by atoms with Gasteiger partial charge in [0.1, 0.15) is 0 Å². The lowest BCUT2D eigenvalue weighted by Crippen LogP contribution is -2.08. The van der Waals surface area contributed by atoms with Crippen LogP contribution in [0.1, 0.15) is 65.8 Å². The molecule has 0 spiro atoms. The smallest absolute Gasteiger partial charge is 0.0116 e. The first-order valence-electron chi connectivity index (χ1n) is 8.51. The first-order valence-corrected chi connectivity index (χ1v) is 8.51. The van der Waals surface area contributed by atoms with E-state index < -0.39 is 0 Å². The lowest BCUT2D eigenvalue weighted by Gasteiger charge is -2.23. The van der Waals surface area contributed by atoms with Crippen molar-refractivity contribution in [2.45, 2.75) is 57.3 Å². The zero-order valence-electron chi connectivity index (χ0n) is 12.9. The molecular formula is C21H24. The summed E-state index contributed by atoms with van der Waals surface area (Å²) >= 11 is 0. The van der Waals surface area contributed by atoms with Gasteiger partial charge in [0.25, 0.3) is 0 Å². The SMILES string of the molecule is C[C@@H]1CCCc2cc(C[C@@H]3CCc4ccccc43)ccc21. The van der Waals surface area contributed by atoms with Crippen molar-refractivity contribution in [1.82, 2.24) is 0 Å². The number of benzene rings is 2. The molecule has 0 nitrogen and oxygen atoms in total. The van der Waals surface area contributed by atoms with Gasteiger partial charge in [-0.05, 0) is 78.2 Å². The third-order valence-corrected chi connectivity index (χ3v) is 5.56. The minimum Gasteiger partial charge on any atom is -0.0620 e. The molecule has 0 aromatic heterocycles. The van der Waals surface area contributed by atoms with Crippen molar-refractivity contribution in [3.63, 3.8) is 0 Å². The van der Waals surface area contributed by atoms with Crippen molar-refractivity contribution >= 4 is 0 Å². The Morgan fingerprint density at radius 1 is 0.905 bits per heavy atom. The van der Waals surface area contributed by atoms with E-state index in [2.05, 4.69) is 49.4 Å². The molecule has 2 aromatic rings. The van der Waals surface area contributed by atoms with Gasteiger partial charge in [-0.2, -0.15) is 0 Å². The van der Waals surface area contributed by atoms with Crippen molar-refractivity contribution in [3.8, 4) is 0 Å². The quantitative estimate of drug-likeness (QED) is 0.689. The third-order valence-electron chi connectivity index (χ3n) is 5.56. The monoisotopic (exact) mass is 276 g/mol. The van der Waals surface area contributed by atoms with E-state index in [4.69, 9.17) is 0 Å². The highest BCUT2D eigenvalue weighted by molar-refractivity contribution is 5.39. The highest BCUT2D eigenvalue weighted by atomic mass is 14.3. The zero-order valence-corrected chi connectivity index (χ0v) is 12.9. The summed E-state index contributed by atoms with van der Waals surface area (Å²) in [6.07, 6.45) is 7.83. The Kier molecular flexibility index (Phi) is 3.33. The molecule has 0 fully saturated rings. The molecule has 108 valence electrons. The summed E-state index contributed by atoms with van der Waals surface area (Å²) < 4.78 is 0. The summed E-state index contributed by atoms with van der Waals surface area (Å²) in [7, 11) is 0. The van der Waals surface area contributed by atoms with E-state index in [9.17, 15) is 0 Å². The topological polar surface area (TPSA) is 0 Å². The van der Waals surface area contributed by atoms with Crippen LogP contribution in [0.2, 0.25) is 0 Å². The molecule has 21 heavy (non-hydrogen) atoms. The van der Waals surface area contributed by atoms with E-state index in [1.54, 1.807) is 27.8 Å². The fourth-order valence-electron chi connectivity index (χ4n) is 4.38. The van der Waals surface area contributed by atoms with Crippen LogP contribution in [0, 0.1) is 0 Å². The Morgan fingerprint density at radius 2 is 1.81 bits per heavy atom. The van der Waals surface area contributed by atoms with Crippen LogP contribution < -0.4 is 0 Å². The number of hydrogen-bond donors (Lipinski definition) is 0. The molecule has 0 radical (unpaired) electrons. The number of rotatable bonds is 2. The Bertz CT molecular complexity index is 653. The molecule has 0 bridgehead atoms. The molecule has 0 amide bonds. The zero-order chi connectivity index (χ0) is 14.2. The number of hydrogen-bond acceptors (Lipinski definition) is 0. The molecule has 2 atom stereocenters. The van der Waals surface area contributed by atoms with Crippen LogP contribution in [-0.4, -0.2) is 0 Å². The average Bonchev–Trinajstić information content (AvgIpc) is 2.91. The molecule has 2 aliphatic rings. The molecule has 0 unspecified atom stereocenters. The Balaban J connectivity index is 1.59. The van der Waals surface area contributed by atoms with Crippen LogP contribution in [0.4, 0.5) is 0 Å². The van der Waals surface area contributed by atoms with Gasteiger partial charge in [0, 0.05) is 0 Å². The van der Waals surface area contributed by atoms with Crippen LogP contribution in [-0.2, 0) is 19.3 Å². The maximum atomic E-state index is 2.51. The highest BCUT2D eigenvalue weighted by Gasteiger charge is 2.23. The number of fused-ring (bicyclic) bond motifs is 2. The Labute approximate surface area is 128 Å². The maximum absolute atomic E-state index is 2.51. The molecule has 0 saturated heterocycles. The summed E-state index contributed by atoms with van der Waals surface area (Å²) in [5.74, 6) is 1.50. The van der Waals surface area contributed by atoms with E-state index in [0.29, 0.717) is 0 Å². The van der Waals surface area contributed by atoms with E-state index in [1.807, 2.05) is 0 Å². The Morgan fingerprint density at radius 3 is 2.76 bits per heavy atom. The van der Waals surface area contributed by atoms with Gasteiger partial charge in [-0.1, -0.05) is 49.4 Å². The predicted octanol–water partition coefficient (Wildman–Crippen LogP) is 5.40. The normalized spacial score (nSPS) is 23.7. The van der Waals surface area contributed by atoms with Crippen LogP contribution in [0.15, 0.2) is 42.5 Å². The van der Waals surface area contributed by atoms with Gasteiger partial charge in [0.15, 0.2) is 0 Å². The summed E-state index contributed by atoms with van der Waals surface area (Å²) in [5, 5.41) is 0. The summed E-state index contributed by atoms with van der Waals surface area (Å²) in [6.45, 7) is 2.38. The van der Waals surface area contributed by atoms with Gasteiger partial charge in [-0.25, -0.2) is 0 Å². The second-order valence-electron chi connectivity index (χ2n) is 6.96. The Hall–Kier alpha value is -1.56. The van der Waals surface area contributed by atoms with Crippen molar-refractivity contribution < 1.29 is 0 Å². The molecule has 0 heteroatoms. The van der Waals surface area contributed by atoms with Crippen LogP contribution >= 0.6 is 0 Å². The first-order chi connectivity index (χ1) is 10.3. The summed E-state index contributed by atoms with van der Waals surface area (Å²) in [6, 6.07) is 16.3. The van der Waals surface area contributed by atoms with Crippen molar-refractivity contribution in [3.05, 3.63) is 70.3 Å². The average molecular weight is 276 g/mol. The molecule has 0 aliphatic heterocycles. The maximum Gasteiger partial charge on any atom is -0.0116 e. The van der Waals surface area contributed by atoms with E-state index >= 15 is 0 Å². The second kappa shape index (κ2) is 5.33. The summed E-state index contributed by atoms with van der Waals surface area (Å²) in [4.78, 5) is 0. The fraction of sp³-hybridized carbons (Fsp3) is 0.429. The van der Waals surface area contributed by atoms with E-state index in [1.165, 1.54) is 38.5 Å². The van der Waals surface area contributed by atoms with Crippen molar-refractivity contribution in [2.24, 2.45) is 0 Å².